The average molecular weight is 250 g/mol. The zero-order valence-corrected chi connectivity index (χ0v) is 10.0. The molecule has 0 heterocycles. The maximum Gasteiger partial charge on any atom is 0.516 e. The quantitative estimate of drug-likeness (QED) is 0.347. The number of rotatable bonds is 5. The molecule has 0 aliphatic rings. The van der Waals surface area contributed by atoms with Gasteiger partial charge in [-0.1, -0.05) is 25.6 Å². The average Bonchev–Trinajstić information content (AvgIpc) is 2.39. The Morgan fingerprint density at radius 1 is 1.22 bits per heavy atom. The van der Waals surface area contributed by atoms with Gasteiger partial charge in [0.05, 0.1) is 0 Å². The minimum atomic E-state index is -0.934. The van der Waals surface area contributed by atoms with Gasteiger partial charge in [0.1, 0.15) is 5.75 Å². The maximum atomic E-state index is 11.2. The van der Waals surface area contributed by atoms with Crippen LogP contribution in [0.5, 0.6) is 5.75 Å². The highest BCUT2D eigenvalue weighted by Crippen LogP contribution is 2.13. The molecule has 0 radical (unpaired) electrons. The lowest BCUT2D eigenvalue weighted by atomic mass is 10.2. The Morgan fingerprint density at radius 2 is 1.89 bits per heavy atom. The summed E-state index contributed by atoms with van der Waals surface area (Å²) in [5, 5.41) is 0. The third-order valence-corrected chi connectivity index (χ3v) is 2.08. The van der Waals surface area contributed by atoms with Crippen LogP contribution in [0.2, 0.25) is 0 Å². The molecule has 0 aromatic heterocycles. The van der Waals surface area contributed by atoms with Gasteiger partial charge in [0, 0.05) is 6.08 Å². The molecule has 0 aliphatic heterocycles. The van der Waals surface area contributed by atoms with Crippen molar-refractivity contribution in [1.29, 1.82) is 0 Å². The van der Waals surface area contributed by atoms with Crippen LogP contribution in [0.15, 0.2) is 36.9 Å². The van der Waals surface area contributed by atoms with E-state index < -0.39 is 18.9 Å². The number of aryl methyl sites for hydroxylation is 1. The second-order valence-electron chi connectivity index (χ2n) is 3.28. The van der Waals surface area contributed by atoms with E-state index in [2.05, 4.69) is 16.1 Å². The standard InChI is InChI=1S/C13H14O5/c1-3-10-5-7-11(8-6-10)18-13(15)17-9-16-12(14)4-2/h4-8H,2-3,9H2,1H3. The van der Waals surface area contributed by atoms with E-state index in [0.29, 0.717) is 5.75 Å². The smallest absolute Gasteiger partial charge is 0.425 e. The normalized spacial score (nSPS) is 9.39. The fourth-order valence-corrected chi connectivity index (χ4v) is 1.11. The first-order valence-electron chi connectivity index (χ1n) is 5.38. The number of hydrogen-bond donors (Lipinski definition) is 0. The topological polar surface area (TPSA) is 61.8 Å². The molecule has 0 saturated carbocycles. The van der Waals surface area contributed by atoms with Gasteiger partial charge in [0.2, 0.25) is 6.79 Å². The Balaban J connectivity index is 2.35. The minimum Gasteiger partial charge on any atom is -0.425 e. The molecule has 1 aromatic rings. The summed E-state index contributed by atoms with van der Waals surface area (Å²) in [7, 11) is 0. The maximum absolute atomic E-state index is 11.2. The van der Waals surface area contributed by atoms with Crippen LogP contribution in [0.3, 0.4) is 0 Å². The number of carbonyl (C=O) groups is 2. The molecule has 18 heavy (non-hydrogen) atoms. The van der Waals surface area contributed by atoms with Gasteiger partial charge in [-0.25, -0.2) is 9.59 Å². The van der Waals surface area contributed by atoms with Crippen LogP contribution in [0.25, 0.3) is 0 Å². The summed E-state index contributed by atoms with van der Waals surface area (Å²) in [4.78, 5) is 21.8. The van der Waals surface area contributed by atoms with Crippen LogP contribution in [0, 0.1) is 0 Å². The van der Waals surface area contributed by atoms with Crippen LogP contribution in [0.1, 0.15) is 12.5 Å². The van der Waals surface area contributed by atoms with Crippen molar-refractivity contribution in [3.63, 3.8) is 0 Å². The summed E-state index contributed by atoms with van der Waals surface area (Å²) in [5.41, 5.74) is 1.13. The number of benzene rings is 1. The van der Waals surface area contributed by atoms with E-state index in [9.17, 15) is 9.59 Å². The lowest BCUT2D eigenvalue weighted by Gasteiger charge is -2.06. The lowest BCUT2D eigenvalue weighted by molar-refractivity contribution is -0.146. The Kier molecular flexibility index (Phi) is 5.44. The van der Waals surface area contributed by atoms with E-state index in [1.165, 1.54) is 0 Å². The highest BCUT2D eigenvalue weighted by molar-refractivity contribution is 5.81. The molecule has 0 amide bonds. The molecule has 0 saturated heterocycles. The third kappa shape index (κ3) is 4.69. The van der Waals surface area contributed by atoms with Gasteiger partial charge in [0.15, 0.2) is 0 Å². The van der Waals surface area contributed by atoms with Gasteiger partial charge in [-0.15, -0.1) is 0 Å². The molecular formula is C13H14O5. The van der Waals surface area contributed by atoms with Crippen molar-refractivity contribution in [1.82, 2.24) is 0 Å². The van der Waals surface area contributed by atoms with Crippen molar-refractivity contribution in [2.75, 3.05) is 6.79 Å². The number of esters is 1. The zero-order chi connectivity index (χ0) is 13.4. The van der Waals surface area contributed by atoms with Gasteiger partial charge >= 0.3 is 12.1 Å². The van der Waals surface area contributed by atoms with Crippen LogP contribution in [0.4, 0.5) is 4.79 Å². The molecule has 5 heteroatoms. The lowest BCUT2D eigenvalue weighted by Crippen LogP contribution is -2.14. The number of hydrogen-bond acceptors (Lipinski definition) is 5. The van der Waals surface area contributed by atoms with Crippen LogP contribution >= 0.6 is 0 Å². The summed E-state index contributed by atoms with van der Waals surface area (Å²) < 4.78 is 13.8. The predicted octanol–water partition coefficient (Wildman–Crippen LogP) is 2.45. The summed E-state index contributed by atoms with van der Waals surface area (Å²) in [5.74, 6) is -0.303. The molecule has 1 rings (SSSR count). The van der Waals surface area contributed by atoms with Crippen molar-refractivity contribution in [3.05, 3.63) is 42.5 Å². The first-order chi connectivity index (χ1) is 8.65. The monoisotopic (exact) mass is 250 g/mol. The predicted molar refractivity (Wildman–Crippen MR) is 64.1 cm³/mol. The van der Waals surface area contributed by atoms with E-state index in [-0.39, 0.29) is 0 Å². The van der Waals surface area contributed by atoms with Crippen molar-refractivity contribution in [2.45, 2.75) is 13.3 Å². The van der Waals surface area contributed by atoms with E-state index in [0.717, 1.165) is 18.1 Å². The molecular weight excluding hydrogens is 236 g/mol. The molecule has 0 atom stereocenters. The van der Waals surface area contributed by atoms with E-state index in [1.54, 1.807) is 12.1 Å². The van der Waals surface area contributed by atoms with E-state index in [4.69, 9.17) is 4.74 Å². The zero-order valence-electron chi connectivity index (χ0n) is 10.0. The van der Waals surface area contributed by atoms with E-state index in [1.807, 2.05) is 19.1 Å². The molecule has 5 nitrogen and oxygen atoms in total. The van der Waals surface area contributed by atoms with Gasteiger partial charge in [-0.05, 0) is 24.1 Å². The number of ether oxygens (including phenoxy) is 3. The molecule has 0 N–H and O–H groups in total. The SMILES string of the molecule is C=CC(=O)OCOC(=O)Oc1ccc(CC)cc1. The summed E-state index contributed by atoms with van der Waals surface area (Å²) >= 11 is 0. The van der Waals surface area contributed by atoms with Crippen molar-refractivity contribution in [2.24, 2.45) is 0 Å². The fourth-order valence-electron chi connectivity index (χ4n) is 1.11. The van der Waals surface area contributed by atoms with E-state index >= 15 is 0 Å². The van der Waals surface area contributed by atoms with Gasteiger partial charge in [-0.3, -0.25) is 0 Å². The molecule has 0 fully saturated rings. The Morgan fingerprint density at radius 3 is 2.44 bits per heavy atom. The Hall–Kier alpha value is -2.30. The number of carbonyl (C=O) groups excluding carboxylic acids is 2. The minimum absolute atomic E-state index is 0.368. The van der Waals surface area contributed by atoms with Gasteiger partial charge in [-0.2, -0.15) is 0 Å². The molecule has 0 aliphatic carbocycles. The second kappa shape index (κ2) is 7.11. The van der Waals surface area contributed by atoms with Crippen molar-refractivity contribution < 1.29 is 23.8 Å². The summed E-state index contributed by atoms with van der Waals surface area (Å²) in [6.07, 6.45) is 0.941. The van der Waals surface area contributed by atoms with Gasteiger partial charge < -0.3 is 14.2 Å². The van der Waals surface area contributed by atoms with Crippen LogP contribution in [-0.4, -0.2) is 18.9 Å². The first kappa shape index (κ1) is 13.8. The molecule has 1 aromatic carbocycles. The fraction of sp³-hybridized carbons (Fsp3) is 0.231. The van der Waals surface area contributed by atoms with Crippen molar-refractivity contribution in [3.8, 4) is 5.75 Å². The molecule has 0 spiro atoms. The third-order valence-electron chi connectivity index (χ3n) is 2.08. The van der Waals surface area contributed by atoms with Gasteiger partial charge in [0.25, 0.3) is 0 Å². The molecule has 0 unspecified atom stereocenters. The Bertz CT molecular complexity index is 422. The Labute approximate surface area is 105 Å². The summed E-state index contributed by atoms with van der Waals surface area (Å²) in [6.45, 7) is 4.72. The highest BCUT2D eigenvalue weighted by atomic mass is 16.8. The van der Waals surface area contributed by atoms with Crippen molar-refractivity contribution >= 4 is 12.1 Å². The van der Waals surface area contributed by atoms with Crippen LogP contribution in [-0.2, 0) is 20.7 Å². The summed E-state index contributed by atoms with van der Waals surface area (Å²) in [6, 6.07) is 7.02. The first-order valence-corrected chi connectivity index (χ1v) is 5.38. The molecule has 96 valence electrons. The largest absolute Gasteiger partial charge is 0.516 e. The highest BCUT2D eigenvalue weighted by Gasteiger charge is 2.06. The molecule has 0 bridgehead atoms. The van der Waals surface area contributed by atoms with Crippen LogP contribution < -0.4 is 4.74 Å². The second-order valence-corrected chi connectivity index (χ2v) is 3.28.